The fourth-order valence-electron chi connectivity index (χ4n) is 1.97. The highest BCUT2D eigenvalue weighted by Gasteiger charge is 2.11. The third kappa shape index (κ3) is 2.51. The van der Waals surface area contributed by atoms with Gasteiger partial charge < -0.3 is 4.57 Å². The Bertz CT molecular complexity index is 597. The number of pyridine rings is 1. The number of rotatable bonds is 4. The van der Waals surface area contributed by atoms with E-state index in [1.54, 1.807) is 0 Å². The second-order valence-corrected chi connectivity index (χ2v) is 4.83. The molecule has 0 spiro atoms. The van der Waals surface area contributed by atoms with Gasteiger partial charge in [0.05, 0.1) is 0 Å². The number of hydrogen-bond donors (Lipinski definition) is 1. The molecule has 0 saturated carbocycles. The molecule has 0 aliphatic rings. The maximum Gasteiger partial charge on any atom is 0.195 e. The Hall–Kier alpha value is -1.49. The molecule has 5 heteroatoms. The summed E-state index contributed by atoms with van der Waals surface area (Å²) < 4.78 is 2.73. The first-order valence-corrected chi connectivity index (χ1v) is 6.64. The molecule has 18 heavy (non-hydrogen) atoms. The van der Waals surface area contributed by atoms with Crippen LogP contribution in [0.1, 0.15) is 31.2 Å². The third-order valence-electron chi connectivity index (χ3n) is 2.96. The Kier molecular flexibility index (Phi) is 3.91. The molecule has 0 saturated heterocycles. The summed E-state index contributed by atoms with van der Waals surface area (Å²) in [6, 6.07) is 4.06. The molecule has 0 aliphatic carbocycles. The van der Waals surface area contributed by atoms with Crippen LogP contribution in [0.4, 0.5) is 0 Å². The van der Waals surface area contributed by atoms with Gasteiger partial charge >= 0.3 is 0 Å². The van der Waals surface area contributed by atoms with Crippen molar-refractivity contribution in [3.05, 3.63) is 28.3 Å². The molecule has 1 N–H and O–H groups in total. The zero-order valence-electron chi connectivity index (χ0n) is 11.0. The number of aromatic nitrogens is 4. The summed E-state index contributed by atoms with van der Waals surface area (Å²) >= 11 is 5.28. The molecule has 96 valence electrons. The largest absolute Gasteiger partial charge is 0.300 e. The molecule has 2 aromatic rings. The molecule has 4 nitrogen and oxygen atoms in total. The third-order valence-corrected chi connectivity index (χ3v) is 3.27. The molecular weight excluding hydrogens is 244 g/mol. The summed E-state index contributed by atoms with van der Waals surface area (Å²) in [6.45, 7) is 7.06. The van der Waals surface area contributed by atoms with Crippen molar-refractivity contribution < 1.29 is 0 Å². The molecule has 0 aromatic carbocycles. The molecule has 2 rings (SSSR count). The Morgan fingerprint density at radius 2 is 2.11 bits per heavy atom. The number of nitrogens with zero attached hydrogens (tertiary/aromatic N) is 3. The van der Waals surface area contributed by atoms with Gasteiger partial charge in [0.1, 0.15) is 0 Å². The number of H-pyrrole nitrogens is 1. The van der Waals surface area contributed by atoms with E-state index in [-0.39, 0.29) is 0 Å². The maximum atomic E-state index is 5.28. The van der Waals surface area contributed by atoms with Crippen LogP contribution in [0.15, 0.2) is 12.1 Å². The van der Waals surface area contributed by atoms with Gasteiger partial charge in [0, 0.05) is 23.5 Å². The Labute approximate surface area is 112 Å². The lowest BCUT2D eigenvalue weighted by atomic mass is 10.1. The molecular formula is C13H18N4S. The van der Waals surface area contributed by atoms with Crippen LogP contribution in [-0.2, 0) is 6.54 Å². The first-order valence-electron chi connectivity index (χ1n) is 6.23. The number of aromatic amines is 1. The normalized spacial score (nSPS) is 10.8. The van der Waals surface area contributed by atoms with Crippen LogP contribution in [0.5, 0.6) is 0 Å². The van der Waals surface area contributed by atoms with Crippen molar-refractivity contribution >= 4 is 12.2 Å². The van der Waals surface area contributed by atoms with Crippen LogP contribution in [0, 0.1) is 18.6 Å². The zero-order chi connectivity index (χ0) is 13.1. The fraction of sp³-hybridized carbons (Fsp3) is 0.462. The minimum atomic E-state index is 0.679. The Morgan fingerprint density at radius 1 is 1.33 bits per heavy atom. The second kappa shape index (κ2) is 5.44. The van der Waals surface area contributed by atoms with Gasteiger partial charge in [-0.05, 0) is 44.6 Å². The smallest absolute Gasteiger partial charge is 0.195 e. The van der Waals surface area contributed by atoms with Gasteiger partial charge in [-0.1, -0.05) is 13.3 Å². The molecule has 2 aromatic heterocycles. The minimum Gasteiger partial charge on any atom is -0.300 e. The van der Waals surface area contributed by atoms with E-state index in [2.05, 4.69) is 32.7 Å². The van der Waals surface area contributed by atoms with Crippen LogP contribution < -0.4 is 0 Å². The first kappa shape index (κ1) is 13.0. The quantitative estimate of drug-likeness (QED) is 0.859. The summed E-state index contributed by atoms with van der Waals surface area (Å²) in [5.41, 5.74) is 3.05. The summed E-state index contributed by atoms with van der Waals surface area (Å²) in [4.78, 5) is 4.48. The van der Waals surface area contributed by atoms with Crippen LogP contribution in [0.25, 0.3) is 11.4 Å². The summed E-state index contributed by atoms with van der Waals surface area (Å²) in [5.74, 6) is 0.887. The molecule has 0 radical (unpaired) electrons. The van der Waals surface area contributed by atoms with Gasteiger partial charge in [0.25, 0.3) is 0 Å². The van der Waals surface area contributed by atoms with Crippen LogP contribution in [0.2, 0.25) is 0 Å². The predicted octanol–water partition coefficient (Wildman–Crippen LogP) is 3.42. The van der Waals surface area contributed by atoms with E-state index >= 15 is 0 Å². The molecule has 0 aliphatic heterocycles. The van der Waals surface area contributed by atoms with E-state index in [0.29, 0.717) is 4.77 Å². The minimum absolute atomic E-state index is 0.679. The lowest BCUT2D eigenvalue weighted by Gasteiger charge is -2.08. The zero-order valence-corrected chi connectivity index (χ0v) is 11.8. The van der Waals surface area contributed by atoms with E-state index in [1.165, 1.54) is 0 Å². The average Bonchev–Trinajstić information content (AvgIpc) is 2.68. The van der Waals surface area contributed by atoms with Crippen molar-refractivity contribution in [2.75, 3.05) is 0 Å². The van der Waals surface area contributed by atoms with Crippen molar-refractivity contribution in [1.82, 2.24) is 19.7 Å². The highest BCUT2D eigenvalue weighted by atomic mass is 32.1. The van der Waals surface area contributed by atoms with Crippen molar-refractivity contribution in [2.45, 2.75) is 40.2 Å². The average molecular weight is 262 g/mol. The molecule has 0 atom stereocenters. The highest BCUT2D eigenvalue weighted by molar-refractivity contribution is 7.71. The van der Waals surface area contributed by atoms with Crippen molar-refractivity contribution in [3.8, 4) is 11.4 Å². The first-order chi connectivity index (χ1) is 8.63. The highest BCUT2D eigenvalue weighted by Crippen LogP contribution is 2.21. The van der Waals surface area contributed by atoms with E-state index in [1.807, 2.05) is 19.9 Å². The predicted molar refractivity (Wildman–Crippen MR) is 75.0 cm³/mol. The van der Waals surface area contributed by atoms with Crippen LogP contribution in [-0.4, -0.2) is 19.7 Å². The van der Waals surface area contributed by atoms with Gasteiger partial charge in [-0.2, -0.15) is 5.10 Å². The lowest BCUT2D eigenvalue weighted by molar-refractivity contribution is 0.628. The number of hydrogen-bond acceptors (Lipinski definition) is 3. The van der Waals surface area contributed by atoms with Crippen molar-refractivity contribution in [3.63, 3.8) is 0 Å². The fourth-order valence-corrected chi connectivity index (χ4v) is 2.19. The van der Waals surface area contributed by atoms with Gasteiger partial charge in [0.2, 0.25) is 0 Å². The van der Waals surface area contributed by atoms with Gasteiger partial charge in [0.15, 0.2) is 10.6 Å². The van der Waals surface area contributed by atoms with E-state index in [0.717, 1.165) is 42.2 Å². The second-order valence-electron chi connectivity index (χ2n) is 4.44. The SMILES string of the molecule is CCCCn1c(-c2ccc(C)nc2C)n[nH]c1=S. The molecule has 0 bridgehead atoms. The number of aryl methyl sites for hydroxylation is 2. The van der Waals surface area contributed by atoms with Gasteiger partial charge in [-0.25, -0.2) is 0 Å². The Morgan fingerprint density at radius 3 is 2.78 bits per heavy atom. The Balaban J connectivity index is 2.47. The maximum absolute atomic E-state index is 5.28. The summed E-state index contributed by atoms with van der Waals surface area (Å²) in [6.07, 6.45) is 2.23. The van der Waals surface area contributed by atoms with Crippen LogP contribution >= 0.6 is 12.2 Å². The van der Waals surface area contributed by atoms with E-state index < -0.39 is 0 Å². The summed E-state index contributed by atoms with van der Waals surface area (Å²) in [5, 5.41) is 7.21. The molecule has 0 amide bonds. The number of nitrogens with one attached hydrogen (secondary N) is 1. The standard InChI is InChI=1S/C13H18N4S/c1-4-5-8-17-12(15-16-13(17)18)11-7-6-9(2)14-10(11)3/h6-7H,4-5,8H2,1-3H3,(H,16,18). The van der Waals surface area contributed by atoms with Crippen molar-refractivity contribution in [1.29, 1.82) is 0 Å². The van der Waals surface area contributed by atoms with Crippen molar-refractivity contribution in [2.24, 2.45) is 0 Å². The topological polar surface area (TPSA) is 46.5 Å². The van der Waals surface area contributed by atoms with E-state index in [4.69, 9.17) is 12.2 Å². The number of unbranched alkanes of at least 4 members (excludes halogenated alkanes) is 1. The lowest BCUT2D eigenvalue weighted by Crippen LogP contribution is -2.02. The monoisotopic (exact) mass is 262 g/mol. The van der Waals surface area contributed by atoms with Gasteiger partial charge in [-0.3, -0.25) is 10.1 Å². The van der Waals surface area contributed by atoms with E-state index in [9.17, 15) is 0 Å². The molecule has 2 heterocycles. The van der Waals surface area contributed by atoms with Crippen LogP contribution in [0.3, 0.4) is 0 Å². The summed E-state index contributed by atoms with van der Waals surface area (Å²) in [7, 11) is 0. The molecule has 0 unspecified atom stereocenters. The van der Waals surface area contributed by atoms with Gasteiger partial charge in [-0.15, -0.1) is 0 Å². The molecule has 0 fully saturated rings.